The fourth-order valence-electron chi connectivity index (χ4n) is 2.17. The van der Waals surface area contributed by atoms with Gasteiger partial charge in [-0.1, -0.05) is 32.1 Å². The number of allylic oxidation sites excluding steroid dienone is 1. The number of hydrogen-bond donors (Lipinski definition) is 0. The molecule has 0 atom stereocenters. The molecule has 0 fully saturated rings. The van der Waals surface area contributed by atoms with E-state index in [2.05, 4.69) is 0 Å². The van der Waals surface area contributed by atoms with Gasteiger partial charge in [0.15, 0.2) is 11.5 Å². The van der Waals surface area contributed by atoms with Crippen LogP contribution in [0.5, 0.6) is 11.5 Å². The second-order valence-corrected chi connectivity index (χ2v) is 6.19. The minimum atomic E-state index is -0.508. The fraction of sp³-hybridized carbons (Fsp3) is 0.429. The van der Waals surface area contributed by atoms with Crippen LogP contribution in [0.25, 0.3) is 6.08 Å². The highest BCUT2D eigenvalue weighted by Gasteiger charge is 2.13. The summed E-state index contributed by atoms with van der Waals surface area (Å²) in [6.45, 7) is 5.57. The van der Waals surface area contributed by atoms with Crippen LogP contribution in [0.3, 0.4) is 0 Å². The van der Waals surface area contributed by atoms with Crippen LogP contribution in [0.4, 0.5) is 0 Å². The highest BCUT2D eigenvalue weighted by Crippen LogP contribution is 2.27. The lowest BCUT2D eigenvalue weighted by Gasteiger charge is -2.09. The van der Waals surface area contributed by atoms with E-state index in [9.17, 15) is 9.59 Å². The molecule has 0 aromatic heterocycles. The van der Waals surface area contributed by atoms with E-state index in [0.717, 1.165) is 5.56 Å². The lowest BCUT2D eigenvalue weighted by molar-refractivity contribution is -0.145. The van der Waals surface area contributed by atoms with Gasteiger partial charge in [0, 0.05) is 6.42 Å². The van der Waals surface area contributed by atoms with Crippen molar-refractivity contribution in [3.8, 4) is 11.5 Å². The monoisotopic (exact) mass is 376 g/mol. The molecule has 6 heteroatoms. The van der Waals surface area contributed by atoms with Crippen molar-refractivity contribution in [1.82, 2.24) is 0 Å². The molecule has 1 rings (SSSR count). The molecule has 0 aliphatic heterocycles. The number of carbonyl (C=O) groups is 2. The van der Waals surface area contributed by atoms with Crippen LogP contribution < -0.4 is 9.47 Å². The Bertz CT molecular complexity index is 688. The maximum atomic E-state index is 12.1. The SMILES string of the molecule is CC=C(COC(=O)CC(C)C)C(=O)OCC=Cc1ccc(OC)c(OC)c1. The van der Waals surface area contributed by atoms with Crippen molar-refractivity contribution in [2.75, 3.05) is 27.4 Å². The number of hydrogen-bond acceptors (Lipinski definition) is 6. The third kappa shape index (κ3) is 7.98. The molecule has 0 aliphatic carbocycles. The zero-order valence-electron chi connectivity index (χ0n) is 16.6. The van der Waals surface area contributed by atoms with Crippen molar-refractivity contribution in [1.29, 1.82) is 0 Å². The first kappa shape index (κ1) is 22.3. The number of carbonyl (C=O) groups excluding carboxylic acids is 2. The van der Waals surface area contributed by atoms with E-state index in [1.54, 1.807) is 39.4 Å². The molecule has 0 saturated carbocycles. The van der Waals surface area contributed by atoms with Gasteiger partial charge < -0.3 is 18.9 Å². The summed E-state index contributed by atoms with van der Waals surface area (Å²) in [7, 11) is 3.14. The quantitative estimate of drug-likeness (QED) is 0.457. The highest BCUT2D eigenvalue weighted by atomic mass is 16.5. The van der Waals surface area contributed by atoms with Crippen LogP contribution in [-0.2, 0) is 19.1 Å². The van der Waals surface area contributed by atoms with E-state index in [0.29, 0.717) is 23.5 Å². The van der Waals surface area contributed by atoms with E-state index < -0.39 is 5.97 Å². The van der Waals surface area contributed by atoms with Crippen LogP contribution in [-0.4, -0.2) is 39.4 Å². The summed E-state index contributed by atoms with van der Waals surface area (Å²) in [5, 5.41) is 0. The van der Waals surface area contributed by atoms with Crippen molar-refractivity contribution in [3.63, 3.8) is 0 Å². The Kier molecular flexibility index (Phi) is 9.72. The first-order chi connectivity index (χ1) is 12.9. The summed E-state index contributed by atoms with van der Waals surface area (Å²) in [5.74, 6) is 0.638. The number of esters is 2. The number of methoxy groups -OCH3 is 2. The van der Waals surface area contributed by atoms with Gasteiger partial charge in [0.1, 0.15) is 13.2 Å². The van der Waals surface area contributed by atoms with Crippen molar-refractivity contribution in [3.05, 3.63) is 41.5 Å². The molecule has 148 valence electrons. The van der Waals surface area contributed by atoms with Gasteiger partial charge in [-0.2, -0.15) is 0 Å². The maximum Gasteiger partial charge on any atom is 0.337 e. The van der Waals surface area contributed by atoms with Crippen LogP contribution >= 0.6 is 0 Å². The number of benzene rings is 1. The second kappa shape index (κ2) is 11.8. The van der Waals surface area contributed by atoms with Crippen LogP contribution in [0.15, 0.2) is 35.9 Å². The Labute approximate surface area is 160 Å². The van der Waals surface area contributed by atoms with Crippen molar-refractivity contribution in [2.24, 2.45) is 5.92 Å². The second-order valence-electron chi connectivity index (χ2n) is 6.19. The molecule has 0 amide bonds. The molecule has 1 aromatic rings. The first-order valence-corrected chi connectivity index (χ1v) is 8.77. The summed E-state index contributed by atoms with van der Waals surface area (Å²) in [5.41, 5.74) is 1.20. The summed E-state index contributed by atoms with van der Waals surface area (Å²) in [4.78, 5) is 23.6. The number of rotatable bonds is 10. The zero-order valence-corrected chi connectivity index (χ0v) is 16.6. The smallest absolute Gasteiger partial charge is 0.337 e. The van der Waals surface area contributed by atoms with E-state index in [1.807, 2.05) is 32.1 Å². The molecule has 0 N–H and O–H groups in total. The van der Waals surface area contributed by atoms with Gasteiger partial charge in [-0.25, -0.2) is 4.79 Å². The summed E-state index contributed by atoms with van der Waals surface area (Å²) in [6, 6.07) is 5.49. The molecule has 1 aromatic carbocycles. The summed E-state index contributed by atoms with van der Waals surface area (Å²) < 4.78 is 20.7. The first-order valence-electron chi connectivity index (χ1n) is 8.77. The molecule has 0 aliphatic rings. The van der Waals surface area contributed by atoms with Crippen LogP contribution in [0.1, 0.15) is 32.8 Å². The molecule has 0 unspecified atom stereocenters. The van der Waals surface area contributed by atoms with Gasteiger partial charge in [0.2, 0.25) is 0 Å². The summed E-state index contributed by atoms with van der Waals surface area (Å²) >= 11 is 0. The zero-order chi connectivity index (χ0) is 20.2. The topological polar surface area (TPSA) is 71.1 Å². The molecule has 0 bridgehead atoms. The molecule has 27 heavy (non-hydrogen) atoms. The molecule has 0 radical (unpaired) electrons. The lowest BCUT2D eigenvalue weighted by Crippen LogP contribution is -2.16. The van der Waals surface area contributed by atoms with E-state index in [1.165, 1.54) is 0 Å². The molecular weight excluding hydrogens is 348 g/mol. The number of ether oxygens (including phenoxy) is 4. The van der Waals surface area contributed by atoms with Gasteiger partial charge in [-0.3, -0.25) is 4.79 Å². The third-order valence-corrected chi connectivity index (χ3v) is 3.60. The molecule has 0 heterocycles. The maximum absolute atomic E-state index is 12.1. The molecule has 6 nitrogen and oxygen atoms in total. The Morgan fingerprint density at radius 1 is 1.07 bits per heavy atom. The fourth-order valence-corrected chi connectivity index (χ4v) is 2.17. The lowest BCUT2D eigenvalue weighted by atomic mass is 10.1. The Morgan fingerprint density at radius 2 is 1.78 bits per heavy atom. The normalized spacial score (nSPS) is 11.6. The van der Waals surface area contributed by atoms with E-state index in [4.69, 9.17) is 18.9 Å². The van der Waals surface area contributed by atoms with Gasteiger partial charge in [-0.05, 0) is 36.6 Å². The van der Waals surface area contributed by atoms with E-state index >= 15 is 0 Å². The Morgan fingerprint density at radius 3 is 2.37 bits per heavy atom. The molecule has 0 spiro atoms. The van der Waals surface area contributed by atoms with Gasteiger partial charge in [-0.15, -0.1) is 0 Å². The predicted octanol–water partition coefficient (Wildman–Crippen LogP) is 3.80. The average Bonchev–Trinajstić information content (AvgIpc) is 2.64. The minimum Gasteiger partial charge on any atom is -0.493 e. The van der Waals surface area contributed by atoms with Gasteiger partial charge >= 0.3 is 11.9 Å². The van der Waals surface area contributed by atoms with Crippen molar-refractivity contribution < 1.29 is 28.5 Å². The van der Waals surface area contributed by atoms with Gasteiger partial charge in [0.25, 0.3) is 0 Å². The standard InChI is InChI=1S/C21H28O6/c1-6-17(14-27-20(22)12-15(2)3)21(23)26-11-7-8-16-9-10-18(24-4)19(13-16)25-5/h6-10,13,15H,11-12,14H2,1-5H3. The summed E-state index contributed by atoms with van der Waals surface area (Å²) in [6.07, 6.45) is 5.44. The van der Waals surface area contributed by atoms with Gasteiger partial charge in [0.05, 0.1) is 19.8 Å². The molecule has 0 saturated heterocycles. The Hall–Kier alpha value is -2.76. The molecular formula is C21H28O6. The average molecular weight is 376 g/mol. The van der Waals surface area contributed by atoms with Crippen molar-refractivity contribution in [2.45, 2.75) is 27.2 Å². The van der Waals surface area contributed by atoms with Crippen LogP contribution in [0, 0.1) is 5.92 Å². The Balaban J connectivity index is 2.51. The highest BCUT2D eigenvalue weighted by molar-refractivity contribution is 5.89. The predicted molar refractivity (Wildman–Crippen MR) is 104 cm³/mol. The third-order valence-electron chi connectivity index (χ3n) is 3.60. The van der Waals surface area contributed by atoms with Crippen molar-refractivity contribution >= 4 is 18.0 Å². The largest absolute Gasteiger partial charge is 0.493 e. The minimum absolute atomic E-state index is 0.0831. The van der Waals surface area contributed by atoms with E-state index in [-0.39, 0.29) is 25.1 Å². The van der Waals surface area contributed by atoms with Crippen LogP contribution in [0.2, 0.25) is 0 Å².